The molecule has 0 aliphatic heterocycles. The molecule has 0 spiro atoms. The smallest absolute Gasteiger partial charge is 0.0587 e. The number of hydrogen-bond acceptors (Lipinski definition) is 3. The third-order valence-electron chi connectivity index (χ3n) is 3.89. The molecule has 0 heterocycles. The van der Waals surface area contributed by atoms with Crippen molar-refractivity contribution >= 4 is 0 Å². The summed E-state index contributed by atoms with van der Waals surface area (Å²) in [4.78, 5) is 2.12. The minimum absolute atomic E-state index is 0.0447. The predicted molar refractivity (Wildman–Crippen MR) is 72.5 cm³/mol. The largest absolute Gasteiger partial charge is 0.396 e. The molecule has 0 saturated carbocycles. The van der Waals surface area contributed by atoms with E-state index in [1.807, 2.05) is 7.05 Å². The lowest BCUT2D eigenvalue weighted by molar-refractivity contribution is 0.115. The molecule has 1 aliphatic carbocycles. The maximum atomic E-state index is 9.31. The third kappa shape index (κ3) is 3.10. The van der Waals surface area contributed by atoms with E-state index in [1.165, 1.54) is 36.0 Å². The zero-order chi connectivity index (χ0) is 13.0. The molecule has 3 heteroatoms. The van der Waals surface area contributed by atoms with E-state index in [2.05, 4.69) is 23.1 Å². The van der Waals surface area contributed by atoms with Gasteiger partial charge >= 0.3 is 0 Å². The summed E-state index contributed by atoms with van der Waals surface area (Å²) in [7, 11) is 2.00. The highest BCUT2D eigenvalue weighted by molar-refractivity contribution is 5.35. The molecule has 0 bridgehead atoms. The summed E-state index contributed by atoms with van der Waals surface area (Å²) >= 11 is 0. The first kappa shape index (κ1) is 13.5. The first-order valence-corrected chi connectivity index (χ1v) is 6.77. The fourth-order valence-corrected chi connectivity index (χ4v) is 2.74. The average molecular weight is 249 g/mol. The predicted octanol–water partition coefficient (Wildman–Crippen LogP) is 1.35. The second-order valence-electron chi connectivity index (χ2n) is 5.22. The monoisotopic (exact) mass is 249 g/mol. The maximum absolute atomic E-state index is 9.31. The van der Waals surface area contributed by atoms with Gasteiger partial charge in [0.05, 0.1) is 6.61 Å². The Morgan fingerprint density at radius 2 is 2.00 bits per heavy atom. The number of hydrogen-bond donors (Lipinski definition) is 2. The first-order chi connectivity index (χ1) is 8.74. The molecule has 3 nitrogen and oxygen atoms in total. The van der Waals surface area contributed by atoms with Gasteiger partial charge in [0.25, 0.3) is 0 Å². The molecule has 18 heavy (non-hydrogen) atoms. The van der Waals surface area contributed by atoms with E-state index in [4.69, 9.17) is 5.11 Å². The van der Waals surface area contributed by atoms with Crippen LogP contribution in [-0.2, 0) is 19.4 Å². The lowest BCUT2D eigenvalue weighted by Crippen LogP contribution is -2.35. The minimum atomic E-state index is 0.0447. The van der Waals surface area contributed by atoms with Crippen LogP contribution in [0.25, 0.3) is 0 Å². The van der Waals surface area contributed by atoms with Crippen molar-refractivity contribution in [3.8, 4) is 0 Å². The number of likely N-dealkylation sites (N-methyl/N-ethyl adjacent to an activating group) is 1. The molecule has 0 amide bonds. The molecule has 0 saturated heterocycles. The van der Waals surface area contributed by atoms with Crippen LogP contribution in [0.1, 0.15) is 29.5 Å². The Morgan fingerprint density at radius 3 is 2.72 bits per heavy atom. The molecule has 0 aromatic heterocycles. The number of aryl methyl sites for hydroxylation is 2. The Bertz CT molecular complexity index is 392. The van der Waals surface area contributed by atoms with Crippen LogP contribution in [0, 0.1) is 0 Å². The van der Waals surface area contributed by atoms with E-state index in [9.17, 15) is 5.11 Å². The molecule has 1 unspecified atom stereocenters. The van der Waals surface area contributed by atoms with Crippen molar-refractivity contribution in [2.24, 2.45) is 0 Å². The summed E-state index contributed by atoms with van der Waals surface area (Å²) < 4.78 is 0. The molecule has 100 valence electrons. The van der Waals surface area contributed by atoms with Gasteiger partial charge in [0.1, 0.15) is 0 Å². The van der Waals surface area contributed by atoms with Gasteiger partial charge in [0, 0.05) is 19.2 Å². The van der Waals surface area contributed by atoms with Crippen molar-refractivity contribution in [3.05, 3.63) is 34.9 Å². The fourth-order valence-electron chi connectivity index (χ4n) is 2.74. The molecule has 1 atom stereocenters. The van der Waals surface area contributed by atoms with Gasteiger partial charge in [-0.25, -0.2) is 0 Å². The number of nitrogens with zero attached hydrogens (tertiary/aromatic N) is 1. The Balaban J connectivity index is 2.00. The normalized spacial score (nSPS) is 16.0. The molecule has 0 fully saturated rings. The molecule has 1 aromatic carbocycles. The minimum Gasteiger partial charge on any atom is -0.396 e. The second kappa shape index (κ2) is 6.32. The first-order valence-electron chi connectivity index (χ1n) is 6.77. The van der Waals surface area contributed by atoms with Crippen LogP contribution in [0.2, 0.25) is 0 Å². The summed E-state index contributed by atoms with van der Waals surface area (Å²) in [5.41, 5.74) is 4.29. The molecular formula is C15H23NO2. The number of aliphatic hydroxyl groups is 2. The van der Waals surface area contributed by atoms with E-state index in [0.29, 0.717) is 6.42 Å². The van der Waals surface area contributed by atoms with Crippen molar-refractivity contribution in [2.45, 2.75) is 38.3 Å². The molecular weight excluding hydrogens is 226 g/mol. The van der Waals surface area contributed by atoms with Crippen molar-refractivity contribution in [3.63, 3.8) is 0 Å². The van der Waals surface area contributed by atoms with E-state index < -0.39 is 0 Å². The van der Waals surface area contributed by atoms with Crippen LogP contribution >= 0.6 is 0 Å². The maximum Gasteiger partial charge on any atom is 0.0587 e. The average Bonchev–Trinajstić information content (AvgIpc) is 2.83. The summed E-state index contributed by atoms with van der Waals surface area (Å²) in [5.74, 6) is 0. The number of rotatable bonds is 6. The summed E-state index contributed by atoms with van der Waals surface area (Å²) in [6.07, 6.45) is 4.32. The van der Waals surface area contributed by atoms with Gasteiger partial charge < -0.3 is 10.2 Å². The van der Waals surface area contributed by atoms with Gasteiger partial charge in [0.15, 0.2) is 0 Å². The van der Waals surface area contributed by atoms with Crippen LogP contribution in [-0.4, -0.2) is 41.4 Å². The number of benzene rings is 1. The van der Waals surface area contributed by atoms with Gasteiger partial charge in [-0.3, -0.25) is 4.90 Å². The summed E-state index contributed by atoms with van der Waals surface area (Å²) in [6, 6.07) is 6.77. The summed E-state index contributed by atoms with van der Waals surface area (Å²) in [6.45, 7) is 1.06. The van der Waals surface area contributed by atoms with Crippen molar-refractivity contribution in [1.29, 1.82) is 0 Å². The molecule has 2 N–H and O–H groups in total. The van der Waals surface area contributed by atoms with Crippen molar-refractivity contribution in [1.82, 2.24) is 4.90 Å². The van der Waals surface area contributed by atoms with Crippen LogP contribution in [0.15, 0.2) is 18.2 Å². The number of fused-ring (bicyclic) bond motifs is 1. The van der Waals surface area contributed by atoms with Crippen LogP contribution in [0.3, 0.4) is 0 Å². The standard InChI is InChI=1S/C15H23NO2/c1-16(15(11-18)7-8-17)10-12-5-6-13-3-2-4-14(13)9-12/h5-6,9,15,17-18H,2-4,7-8,10-11H2,1H3. The van der Waals surface area contributed by atoms with Crippen LogP contribution in [0.5, 0.6) is 0 Å². The Morgan fingerprint density at radius 1 is 1.22 bits per heavy atom. The van der Waals surface area contributed by atoms with E-state index in [0.717, 1.165) is 6.54 Å². The van der Waals surface area contributed by atoms with Gasteiger partial charge in [-0.2, -0.15) is 0 Å². The zero-order valence-electron chi connectivity index (χ0n) is 11.1. The van der Waals surface area contributed by atoms with Gasteiger partial charge in [-0.1, -0.05) is 18.2 Å². The van der Waals surface area contributed by atoms with Gasteiger partial charge in [-0.05, 0) is 49.4 Å². The number of aliphatic hydroxyl groups excluding tert-OH is 2. The lowest BCUT2D eigenvalue weighted by Gasteiger charge is -2.26. The van der Waals surface area contributed by atoms with Gasteiger partial charge in [-0.15, -0.1) is 0 Å². The Labute approximate surface area is 109 Å². The molecule has 1 aromatic rings. The fraction of sp³-hybridized carbons (Fsp3) is 0.600. The van der Waals surface area contributed by atoms with E-state index in [-0.39, 0.29) is 19.3 Å². The SMILES string of the molecule is CN(Cc1ccc2c(c1)CCC2)C(CO)CCO. The lowest BCUT2D eigenvalue weighted by atomic mass is 10.1. The van der Waals surface area contributed by atoms with Crippen molar-refractivity contribution in [2.75, 3.05) is 20.3 Å². The highest BCUT2D eigenvalue weighted by atomic mass is 16.3. The quantitative estimate of drug-likeness (QED) is 0.800. The third-order valence-corrected chi connectivity index (χ3v) is 3.89. The van der Waals surface area contributed by atoms with E-state index in [1.54, 1.807) is 0 Å². The Hall–Kier alpha value is -0.900. The summed E-state index contributed by atoms with van der Waals surface area (Å²) in [5, 5.41) is 18.3. The second-order valence-corrected chi connectivity index (χ2v) is 5.22. The molecule has 2 rings (SSSR count). The van der Waals surface area contributed by atoms with Crippen LogP contribution in [0.4, 0.5) is 0 Å². The van der Waals surface area contributed by atoms with E-state index >= 15 is 0 Å². The van der Waals surface area contributed by atoms with Crippen molar-refractivity contribution < 1.29 is 10.2 Å². The van der Waals surface area contributed by atoms with Gasteiger partial charge in [0.2, 0.25) is 0 Å². The highest BCUT2D eigenvalue weighted by Gasteiger charge is 2.15. The Kier molecular flexibility index (Phi) is 4.75. The zero-order valence-corrected chi connectivity index (χ0v) is 11.1. The highest BCUT2D eigenvalue weighted by Crippen LogP contribution is 2.23. The topological polar surface area (TPSA) is 43.7 Å². The van der Waals surface area contributed by atoms with Crippen LogP contribution < -0.4 is 0 Å². The molecule has 0 radical (unpaired) electrons. The molecule has 1 aliphatic rings.